The van der Waals surface area contributed by atoms with E-state index < -0.39 is 0 Å². The van der Waals surface area contributed by atoms with Gasteiger partial charge in [-0.05, 0) is 55.7 Å². The smallest absolute Gasteiger partial charge is 0.191 e. The van der Waals surface area contributed by atoms with Crippen molar-refractivity contribution in [3.8, 4) is 17.2 Å². The first-order chi connectivity index (χ1) is 17.0. The summed E-state index contributed by atoms with van der Waals surface area (Å²) >= 11 is 1.64. The van der Waals surface area contributed by atoms with Gasteiger partial charge in [-0.1, -0.05) is 37.1 Å². The Morgan fingerprint density at radius 3 is 2.34 bits per heavy atom. The molecule has 8 heteroatoms. The monoisotopic (exact) mass is 495 g/mol. The zero-order valence-corrected chi connectivity index (χ0v) is 21.7. The van der Waals surface area contributed by atoms with Gasteiger partial charge in [-0.15, -0.1) is 10.2 Å². The Bertz CT molecular complexity index is 1170. The van der Waals surface area contributed by atoms with Crippen LogP contribution in [0.3, 0.4) is 0 Å². The van der Waals surface area contributed by atoms with E-state index in [1.165, 1.54) is 19.3 Å². The Kier molecular flexibility index (Phi) is 8.33. The molecule has 0 spiro atoms. The Balaban J connectivity index is 1.62. The van der Waals surface area contributed by atoms with Gasteiger partial charge in [0.25, 0.3) is 0 Å². The Labute approximate surface area is 211 Å². The van der Waals surface area contributed by atoms with E-state index in [-0.39, 0.29) is 5.78 Å². The molecule has 0 aliphatic heterocycles. The van der Waals surface area contributed by atoms with Gasteiger partial charge in [-0.25, -0.2) is 0 Å². The highest BCUT2D eigenvalue weighted by Gasteiger charge is 2.24. The summed E-state index contributed by atoms with van der Waals surface area (Å²) in [5.74, 6) is 3.84. The lowest BCUT2D eigenvalue weighted by Crippen LogP contribution is -2.17. The molecule has 186 valence electrons. The highest BCUT2D eigenvalue weighted by atomic mass is 32.2. The molecule has 7 nitrogen and oxygen atoms in total. The van der Waals surface area contributed by atoms with Crippen LogP contribution in [0.25, 0.3) is 0 Å². The van der Waals surface area contributed by atoms with Gasteiger partial charge in [-0.3, -0.25) is 4.79 Å². The molecule has 1 aliphatic rings. The van der Waals surface area contributed by atoms with E-state index >= 15 is 0 Å². The molecule has 4 rings (SSSR count). The molecular formula is C27H33N3O4S. The maximum atomic E-state index is 11.9. The fourth-order valence-corrected chi connectivity index (χ4v) is 5.66. The summed E-state index contributed by atoms with van der Waals surface area (Å²) in [5, 5.41) is 10.1. The van der Waals surface area contributed by atoms with E-state index in [1.807, 2.05) is 30.3 Å². The SMILES string of the molecule is COc1ccc(C(C)=O)cc1CSc1nnc(Cc2ccc(OC)c(OC)c2)n1C1CCCCC1. The zero-order chi connectivity index (χ0) is 24.8. The van der Waals surface area contributed by atoms with Gasteiger partial charge in [0.1, 0.15) is 11.6 Å². The molecular weight excluding hydrogens is 462 g/mol. The van der Waals surface area contributed by atoms with Crippen molar-refractivity contribution < 1.29 is 19.0 Å². The fourth-order valence-electron chi connectivity index (χ4n) is 4.66. The van der Waals surface area contributed by atoms with Gasteiger partial charge in [-0.2, -0.15) is 0 Å². The Hall–Kier alpha value is -3.00. The average Bonchev–Trinajstić information content (AvgIpc) is 3.29. The van der Waals surface area contributed by atoms with E-state index in [2.05, 4.69) is 14.8 Å². The number of Topliss-reactive ketones (excluding diaryl/α,β-unsaturated/α-hetero) is 1. The number of hydrogen-bond acceptors (Lipinski definition) is 7. The first-order valence-corrected chi connectivity index (χ1v) is 13.0. The first kappa shape index (κ1) is 25.1. The van der Waals surface area contributed by atoms with Crippen molar-refractivity contribution in [1.29, 1.82) is 0 Å². The Morgan fingerprint density at radius 2 is 1.66 bits per heavy atom. The predicted octanol–water partition coefficient (Wildman–Crippen LogP) is 5.89. The third kappa shape index (κ3) is 5.81. The molecule has 1 saturated carbocycles. The van der Waals surface area contributed by atoms with Crippen molar-refractivity contribution in [2.75, 3.05) is 21.3 Å². The third-order valence-corrected chi connectivity index (χ3v) is 7.52. The first-order valence-electron chi connectivity index (χ1n) is 12.0. The number of ether oxygens (including phenoxy) is 3. The van der Waals surface area contributed by atoms with Crippen LogP contribution in [0.1, 0.15) is 72.4 Å². The van der Waals surface area contributed by atoms with Crippen LogP contribution in [0.4, 0.5) is 0 Å². The molecule has 2 aromatic carbocycles. The van der Waals surface area contributed by atoms with Crippen LogP contribution in [0.2, 0.25) is 0 Å². The summed E-state index contributed by atoms with van der Waals surface area (Å²) in [5.41, 5.74) is 2.76. The summed E-state index contributed by atoms with van der Waals surface area (Å²) in [6, 6.07) is 12.0. The van der Waals surface area contributed by atoms with Crippen LogP contribution in [0.15, 0.2) is 41.6 Å². The molecule has 0 bridgehead atoms. The van der Waals surface area contributed by atoms with Gasteiger partial charge in [0.15, 0.2) is 22.4 Å². The largest absolute Gasteiger partial charge is 0.496 e. The van der Waals surface area contributed by atoms with E-state index in [4.69, 9.17) is 14.2 Å². The second kappa shape index (κ2) is 11.6. The normalized spacial score (nSPS) is 14.1. The van der Waals surface area contributed by atoms with Crippen LogP contribution in [-0.2, 0) is 12.2 Å². The number of nitrogens with zero attached hydrogens (tertiary/aromatic N) is 3. The number of methoxy groups -OCH3 is 3. The predicted molar refractivity (Wildman–Crippen MR) is 137 cm³/mol. The molecule has 1 aliphatic carbocycles. The fraction of sp³-hybridized carbons (Fsp3) is 0.444. The van der Waals surface area contributed by atoms with Gasteiger partial charge in [0.05, 0.1) is 21.3 Å². The van der Waals surface area contributed by atoms with E-state index in [1.54, 1.807) is 46.1 Å². The van der Waals surface area contributed by atoms with Crippen LogP contribution >= 0.6 is 11.8 Å². The average molecular weight is 496 g/mol. The highest BCUT2D eigenvalue weighted by Crippen LogP contribution is 2.36. The number of benzene rings is 2. The topological polar surface area (TPSA) is 75.5 Å². The summed E-state index contributed by atoms with van der Waals surface area (Å²) in [6.45, 7) is 1.58. The molecule has 3 aromatic rings. The van der Waals surface area contributed by atoms with Gasteiger partial charge < -0.3 is 18.8 Å². The second-order valence-electron chi connectivity index (χ2n) is 8.80. The second-order valence-corrected chi connectivity index (χ2v) is 9.74. The number of hydrogen-bond donors (Lipinski definition) is 0. The minimum atomic E-state index is 0.0430. The number of thioether (sulfide) groups is 1. The number of carbonyl (C=O) groups excluding carboxylic acids is 1. The molecule has 0 unspecified atom stereocenters. The van der Waals surface area contributed by atoms with Crippen molar-refractivity contribution in [3.05, 3.63) is 58.9 Å². The third-order valence-electron chi connectivity index (χ3n) is 6.53. The standard InChI is InChI=1S/C27H33N3O4S/c1-18(31)20-11-13-23(32-2)21(16-20)17-35-27-29-28-26(30(27)22-8-6-5-7-9-22)15-19-10-12-24(33-3)25(14-19)34-4/h10-14,16,22H,5-9,15,17H2,1-4H3. The van der Waals surface area contributed by atoms with Crippen LogP contribution in [-0.4, -0.2) is 41.9 Å². The zero-order valence-electron chi connectivity index (χ0n) is 20.9. The summed E-state index contributed by atoms with van der Waals surface area (Å²) in [7, 11) is 4.95. The number of rotatable bonds is 10. The minimum Gasteiger partial charge on any atom is -0.496 e. The lowest BCUT2D eigenvalue weighted by molar-refractivity contribution is 0.101. The molecule has 0 saturated heterocycles. The highest BCUT2D eigenvalue weighted by molar-refractivity contribution is 7.98. The lowest BCUT2D eigenvalue weighted by Gasteiger charge is -2.25. The van der Waals surface area contributed by atoms with Crippen molar-refractivity contribution in [3.63, 3.8) is 0 Å². The molecule has 35 heavy (non-hydrogen) atoms. The number of aromatic nitrogens is 3. The number of ketones is 1. The molecule has 0 amide bonds. The van der Waals surface area contributed by atoms with Crippen molar-refractivity contribution >= 4 is 17.5 Å². The van der Waals surface area contributed by atoms with Crippen LogP contribution < -0.4 is 14.2 Å². The van der Waals surface area contributed by atoms with Crippen LogP contribution in [0.5, 0.6) is 17.2 Å². The minimum absolute atomic E-state index is 0.0430. The molecule has 0 atom stereocenters. The summed E-state index contributed by atoms with van der Waals surface area (Å²) in [4.78, 5) is 11.9. The van der Waals surface area contributed by atoms with Crippen molar-refractivity contribution in [1.82, 2.24) is 14.8 Å². The van der Waals surface area contributed by atoms with Gasteiger partial charge in [0, 0.05) is 29.3 Å². The number of carbonyl (C=O) groups is 1. The van der Waals surface area contributed by atoms with E-state index in [0.717, 1.165) is 40.7 Å². The lowest BCUT2D eigenvalue weighted by atomic mass is 9.95. The van der Waals surface area contributed by atoms with Crippen molar-refractivity contribution in [2.24, 2.45) is 0 Å². The van der Waals surface area contributed by atoms with Crippen LogP contribution in [0, 0.1) is 0 Å². The molecule has 0 radical (unpaired) electrons. The summed E-state index contributed by atoms with van der Waals surface area (Å²) < 4.78 is 18.8. The molecule has 1 heterocycles. The van der Waals surface area contributed by atoms with Gasteiger partial charge in [0.2, 0.25) is 0 Å². The van der Waals surface area contributed by atoms with Crippen molar-refractivity contribution in [2.45, 2.75) is 62.4 Å². The molecule has 1 aromatic heterocycles. The van der Waals surface area contributed by atoms with E-state index in [0.29, 0.717) is 35.3 Å². The maximum absolute atomic E-state index is 11.9. The Morgan fingerprint density at radius 1 is 0.943 bits per heavy atom. The maximum Gasteiger partial charge on any atom is 0.191 e. The van der Waals surface area contributed by atoms with Gasteiger partial charge >= 0.3 is 0 Å². The molecule has 1 fully saturated rings. The molecule has 0 N–H and O–H groups in total. The van der Waals surface area contributed by atoms with E-state index in [9.17, 15) is 4.79 Å². The summed E-state index contributed by atoms with van der Waals surface area (Å²) in [6.07, 6.45) is 6.64. The quantitative estimate of drug-likeness (QED) is 0.256.